The second kappa shape index (κ2) is 8.59. The van der Waals surface area contributed by atoms with Crippen LogP contribution in [-0.2, 0) is 27.3 Å². The van der Waals surface area contributed by atoms with E-state index >= 15 is 0 Å². The van der Waals surface area contributed by atoms with Crippen LogP contribution in [0.15, 0.2) is 41.4 Å². The number of aldehydes is 1. The number of carbonyl (C=O) groups is 4. The van der Waals surface area contributed by atoms with Crippen LogP contribution < -0.4 is 10.6 Å². The molecule has 3 aliphatic carbocycles. The van der Waals surface area contributed by atoms with Crippen molar-refractivity contribution in [2.24, 2.45) is 17.6 Å². The molecule has 0 radical (unpaired) electrons. The highest BCUT2D eigenvalue weighted by Gasteiger charge is 2.60. The summed E-state index contributed by atoms with van der Waals surface area (Å²) in [6, 6.07) is 3.39. The fourth-order valence-electron chi connectivity index (χ4n) is 6.07. The molecule has 1 saturated carbocycles. The van der Waals surface area contributed by atoms with E-state index in [1.54, 1.807) is 43.2 Å². The molecule has 0 unspecified atom stereocenters. The third-order valence-corrected chi connectivity index (χ3v) is 7.86. The van der Waals surface area contributed by atoms with Crippen LogP contribution in [0, 0.1) is 11.8 Å². The number of carbonyl (C=O) groups excluding carboxylic acids is 4. The number of rotatable bonds is 5. The zero-order valence-corrected chi connectivity index (χ0v) is 20.8. The van der Waals surface area contributed by atoms with E-state index < -0.39 is 52.0 Å². The molecule has 1 fully saturated rings. The minimum Gasteiger partial charge on any atom is -0.508 e. The summed E-state index contributed by atoms with van der Waals surface area (Å²) in [7, 11) is 3.59. The van der Waals surface area contributed by atoms with Crippen LogP contribution in [0.2, 0.25) is 0 Å². The molecule has 3 atom stereocenters. The summed E-state index contributed by atoms with van der Waals surface area (Å²) in [6.45, 7) is 0.160. The molecule has 11 heteroatoms. The standard InChI is InChI=1S/C27H27N3O8/c1-29(2)17-7-14(10-30-4-3-12(9-30)11-31)22(33)20-16(17)6-13-5-15-8-18(32)21(26(28)37)25(36)27(15,38)24(35)19(13)23(20)34/h3-4,7,9,11,13,15,33-34,36,38H,5-6,8,10H2,1-2H3,(H2,28,37)/t13-,15+,27+/m1/s1. The van der Waals surface area contributed by atoms with Gasteiger partial charge in [0, 0.05) is 61.2 Å². The van der Waals surface area contributed by atoms with Crippen molar-refractivity contribution in [1.82, 2.24) is 4.57 Å². The SMILES string of the molecule is CN(C)c1cc(Cn2ccc(C=O)c2)c(O)c2c1C[C@H]1C[C@H]3CC(=O)C(C(N)=O)=C(O)[C@@]3(O)C(=O)C1=C2O. The largest absolute Gasteiger partial charge is 0.508 e. The van der Waals surface area contributed by atoms with Crippen molar-refractivity contribution in [2.75, 3.05) is 19.0 Å². The maximum atomic E-state index is 13.7. The summed E-state index contributed by atoms with van der Waals surface area (Å²) in [5, 5.41) is 44.8. The van der Waals surface area contributed by atoms with Gasteiger partial charge in [-0.3, -0.25) is 19.2 Å². The monoisotopic (exact) mass is 521 g/mol. The maximum Gasteiger partial charge on any atom is 0.255 e. The molecule has 0 spiro atoms. The van der Waals surface area contributed by atoms with E-state index in [2.05, 4.69) is 0 Å². The molecule has 1 amide bonds. The van der Waals surface area contributed by atoms with Crippen molar-refractivity contribution in [3.8, 4) is 5.75 Å². The summed E-state index contributed by atoms with van der Waals surface area (Å²) < 4.78 is 1.69. The second-order valence-electron chi connectivity index (χ2n) is 10.3. The van der Waals surface area contributed by atoms with Crippen molar-refractivity contribution in [3.63, 3.8) is 0 Å². The van der Waals surface area contributed by atoms with Gasteiger partial charge in [-0.1, -0.05) is 0 Å². The Morgan fingerprint density at radius 2 is 1.95 bits per heavy atom. The fourth-order valence-corrected chi connectivity index (χ4v) is 6.07. The van der Waals surface area contributed by atoms with Crippen molar-refractivity contribution >= 4 is 35.2 Å². The predicted molar refractivity (Wildman–Crippen MR) is 135 cm³/mol. The van der Waals surface area contributed by atoms with Gasteiger partial charge in [-0.05, 0) is 36.5 Å². The van der Waals surface area contributed by atoms with Crippen LogP contribution >= 0.6 is 0 Å². The van der Waals surface area contributed by atoms with E-state index in [-0.39, 0.29) is 42.7 Å². The Kier molecular flexibility index (Phi) is 5.71. The number of phenolic OH excluding ortho intramolecular Hbond substituents is 1. The number of hydrogen-bond donors (Lipinski definition) is 5. The first-order chi connectivity index (χ1) is 17.9. The average Bonchev–Trinajstić information content (AvgIpc) is 3.30. The molecule has 1 heterocycles. The topological polar surface area (TPSA) is 183 Å². The molecule has 198 valence electrons. The van der Waals surface area contributed by atoms with E-state index in [9.17, 15) is 39.6 Å². The van der Waals surface area contributed by atoms with E-state index in [1.165, 1.54) is 0 Å². The zero-order chi connectivity index (χ0) is 27.7. The van der Waals surface area contributed by atoms with Gasteiger partial charge >= 0.3 is 0 Å². The van der Waals surface area contributed by atoms with Gasteiger partial charge in [-0.2, -0.15) is 0 Å². The average molecular weight is 522 g/mol. The van der Waals surface area contributed by atoms with Gasteiger partial charge < -0.3 is 35.6 Å². The second-order valence-corrected chi connectivity index (χ2v) is 10.3. The number of aliphatic hydroxyl groups is 3. The van der Waals surface area contributed by atoms with E-state index in [1.807, 2.05) is 4.90 Å². The summed E-state index contributed by atoms with van der Waals surface area (Å²) >= 11 is 0. The number of Topliss-reactive ketones (excluding diaryl/α,β-unsaturated/α-hetero) is 2. The van der Waals surface area contributed by atoms with Crippen LogP contribution in [0.25, 0.3) is 5.76 Å². The number of nitrogens with zero attached hydrogens (tertiary/aromatic N) is 2. The lowest BCUT2D eigenvalue weighted by Crippen LogP contribution is -2.58. The van der Waals surface area contributed by atoms with Gasteiger partial charge in [-0.15, -0.1) is 0 Å². The number of amides is 1. The quantitative estimate of drug-likeness (QED) is 0.284. The fraction of sp³-hybridized carbons (Fsp3) is 0.333. The third kappa shape index (κ3) is 3.46. The minimum atomic E-state index is -2.61. The highest BCUT2D eigenvalue weighted by Crippen LogP contribution is 2.53. The molecule has 5 rings (SSSR count). The highest BCUT2D eigenvalue weighted by atomic mass is 16.3. The van der Waals surface area contributed by atoms with Crippen molar-refractivity contribution < 1.29 is 39.6 Å². The van der Waals surface area contributed by atoms with Gasteiger partial charge in [0.25, 0.3) is 5.91 Å². The first-order valence-corrected chi connectivity index (χ1v) is 12.0. The first-order valence-electron chi connectivity index (χ1n) is 12.0. The number of aromatic nitrogens is 1. The molecule has 0 aliphatic heterocycles. The molecular weight excluding hydrogens is 494 g/mol. The van der Waals surface area contributed by atoms with Crippen molar-refractivity contribution in [1.29, 1.82) is 0 Å². The number of hydrogen-bond acceptors (Lipinski definition) is 9. The zero-order valence-electron chi connectivity index (χ0n) is 20.8. The van der Waals surface area contributed by atoms with Crippen LogP contribution in [0.3, 0.4) is 0 Å². The van der Waals surface area contributed by atoms with Crippen LogP contribution in [-0.4, -0.2) is 68.4 Å². The molecule has 2 aromatic rings. The van der Waals surface area contributed by atoms with Gasteiger partial charge in [0.05, 0.1) is 12.1 Å². The van der Waals surface area contributed by atoms with E-state index in [4.69, 9.17) is 5.73 Å². The Morgan fingerprint density at radius 3 is 2.55 bits per heavy atom. The number of anilines is 1. The van der Waals surface area contributed by atoms with Gasteiger partial charge in [-0.25, -0.2) is 0 Å². The minimum absolute atomic E-state index is 0.0288. The number of aromatic hydroxyl groups is 1. The van der Waals surface area contributed by atoms with E-state index in [0.29, 0.717) is 28.7 Å². The lowest BCUT2D eigenvalue weighted by Gasteiger charge is -2.46. The Morgan fingerprint density at radius 1 is 1.24 bits per heavy atom. The van der Waals surface area contributed by atoms with Gasteiger partial charge in [0.15, 0.2) is 17.7 Å². The smallest absolute Gasteiger partial charge is 0.255 e. The molecular formula is C27H27N3O8. The Balaban J connectivity index is 1.68. The Bertz CT molecular complexity index is 1500. The van der Waals surface area contributed by atoms with E-state index in [0.717, 1.165) is 0 Å². The lowest BCUT2D eigenvalue weighted by molar-refractivity contribution is -0.147. The first kappa shape index (κ1) is 25.3. The summed E-state index contributed by atoms with van der Waals surface area (Å²) in [6.07, 6.45) is 3.88. The van der Waals surface area contributed by atoms with Crippen LogP contribution in [0.5, 0.6) is 5.75 Å². The molecule has 0 saturated heterocycles. The molecule has 11 nitrogen and oxygen atoms in total. The number of primary amides is 1. The number of phenols is 1. The van der Waals surface area contributed by atoms with Crippen molar-refractivity contribution in [2.45, 2.75) is 31.4 Å². The van der Waals surface area contributed by atoms with Crippen molar-refractivity contribution in [3.05, 3.63) is 63.7 Å². The maximum absolute atomic E-state index is 13.7. The Labute approximate surface area is 217 Å². The number of nitrogens with two attached hydrogens (primary N) is 1. The van der Waals surface area contributed by atoms with Crippen LogP contribution in [0.1, 0.15) is 39.9 Å². The molecule has 6 N–H and O–H groups in total. The molecule has 38 heavy (non-hydrogen) atoms. The molecule has 1 aromatic carbocycles. The summed E-state index contributed by atoms with van der Waals surface area (Å²) in [4.78, 5) is 50.9. The summed E-state index contributed by atoms with van der Waals surface area (Å²) in [5.74, 6) is -6.61. The number of fused-ring (bicyclic) bond motifs is 3. The molecule has 3 aliphatic rings. The highest BCUT2D eigenvalue weighted by molar-refractivity contribution is 6.22. The molecule has 0 bridgehead atoms. The number of benzene rings is 1. The number of ketones is 2. The van der Waals surface area contributed by atoms with Gasteiger partial charge in [0.2, 0.25) is 5.78 Å². The molecule has 1 aromatic heterocycles. The van der Waals surface area contributed by atoms with Crippen LogP contribution in [0.4, 0.5) is 5.69 Å². The Hall–Kier alpha value is -4.38. The normalized spacial score (nSPS) is 24.6. The summed E-state index contributed by atoms with van der Waals surface area (Å²) in [5.41, 5.74) is 3.77. The lowest BCUT2D eigenvalue weighted by atomic mass is 9.59. The predicted octanol–water partition coefficient (Wildman–Crippen LogP) is 1.15. The number of aliphatic hydroxyl groups excluding tert-OH is 2. The third-order valence-electron chi connectivity index (χ3n) is 7.86. The van der Waals surface area contributed by atoms with Gasteiger partial charge in [0.1, 0.15) is 22.8 Å².